The Kier molecular flexibility index (Phi) is 8.28. The van der Waals surface area contributed by atoms with Crippen LogP contribution in [-0.4, -0.2) is 40.7 Å². The molecule has 6 nitrogen and oxygen atoms in total. The van der Waals surface area contributed by atoms with Gasteiger partial charge in [0.1, 0.15) is 18.0 Å². The number of aliphatic hydroxyl groups is 1. The molecule has 2 heterocycles. The number of carbonyl (C=O) groups excluding carboxylic acids is 1. The Morgan fingerprint density at radius 2 is 1.92 bits per heavy atom. The van der Waals surface area contributed by atoms with E-state index in [4.69, 9.17) is 5.11 Å². The Balaban J connectivity index is 1.50. The smallest absolute Gasteiger partial charge is 0.251 e. The van der Waals surface area contributed by atoms with Crippen LogP contribution in [0.2, 0.25) is 0 Å². The van der Waals surface area contributed by atoms with Crippen LogP contribution in [0.15, 0.2) is 42.7 Å². The maximum absolute atomic E-state index is 14.0. The number of fused-ring (bicyclic) bond motifs is 1. The number of nitrogens with one attached hydrogen (secondary N) is 2. The van der Waals surface area contributed by atoms with Crippen molar-refractivity contribution < 1.29 is 14.3 Å². The summed E-state index contributed by atoms with van der Waals surface area (Å²) >= 11 is 1.71. The van der Waals surface area contributed by atoms with Gasteiger partial charge in [0, 0.05) is 39.9 Å². The minimum atomic E-state index is -0.202. The third kappa shape index (κ3) is 5.71. The van der Waals surface area contributed by atoms with Gasteiger partial charge in [0.2, 0.25) is 0 Å². The van der Waals surface area contributed by atoms with Crippen molar-refractivity contribution in [2.45, 2.75) is 40.0 Å². The molecule has 8 heteroatoms. The number of halogens is 1. The van der Waals surface area contributed by atoms with Crippen LogP contribution in [-0.2, 0) is 12.8 Å². The average Bonchev–Trinajstić information content (AvgIpc) is 3.18. The quantitative estimate of drug-likeness (QED) is 0.267. The van der Waals surface area contributed by atoms with E-state index in [9.17, 15) is 9.18 Å². The number of hydrogen-bond donors (Lipinski definition) is 3. The Labute approximate surface area is 214 Å². The summed E-state index contributed by atoms with van der Waals surface area (Å²) in [5.41, 5.74) is 5.37. The number of aliphatic hydroxyl groups excluding tert-OH is 1. The molecule has 0 saturated carbocycles. The van der Waals surface area contributed by atoms with E-state index in [2.05, 4.69) is 34.4 Å². The van der Waals surface area contributed by atoms with Gasteiger partial charge in [0.25, 0.3) is 5.91 Å². The summed E-state index contributed by atoms with van der Waals surface area (Å²) in [7, 11) is 0. The van der Waals surface area contributed by atoms with Crippen molar-refractivity contribution in [3.8, 4) is 11.3 Å². The summed E-state index contributed by atoms with van der Waals surface area (Å²) in [6, 6.07) is 10.8. The number of anilines is 1. The molecule has 0 aliphatic heterocycles. The van der Waals surface area contributed by atoms with Gasteiger partial charge < -0.3 is 15.7 Å². The molecule has 0 radical (unpaired) electrons. The van der Waals surface area contributed by atoms with Gasteiger partial charge in [-0.2, -0.15) is 0 Å². The zero-order chi connectivity index (χ0) is 25.7. The largest absolute Gasteiger partial charge is 0.395 e. The second-order valence-corrected chi connectivity index (χ2v) is 10.0. The number of amides is 1. The molecule has 2 aromatic heterocycles. The van der Waals surface area contributed by atoms with E-state index in [1.807, 2.05) is 31.2 Å². The van der Waals surface area contributed by atoms with Gasteiger partial charge in [-0.05, 0) is 73.0 Å². The van der Waals surface area contributed by atoms with Gasteiger partial charge in [0.05, 0.1) is 12.3 Å². The summed E-state index contributed by atoms with van der Waals surface area (Å²) in [6.07, 6.45) is 3.95. The fourth-order valence-corrected chi connectivity index (χ4v) is 5.60. The maximum Gasteiger partial charge on any atom is 0.251 e. The predicted octanol–water partition coefficient (Wildman–Crippen LogP) is 5.44. The molecule has 0 atom stereocenters. The van der Waals surface area contributed by atoms with Crippen molar-refractivity contribution in [3.63, 3.8) is 0 Å². The molecule has 0 spiro atoms. The predicted molar refractivity (Wildman–Crippen MR) is 144 cm³/mol. The van der Waals surface area contributed by atoms with Crippen molar-refractivity contribution in [3.05, 3.63) is 75.7 Å². The summed E-state index contributed by atoms with van der Waals surface area (Å²) in [4.78, 5) is 22.5. The van der Waals surface area contributed by atoms with Crippen LogP contribution in [0.5, 0.6) is 0 Å². The molecule has 4 aromatic rings. The molecule has 2 aromatic carbocycles. The molecule has 0 fully saturated rings. The van der Waals surface area contributed by atoms with Gasteiger partial charge in [0.15, 0.2) is 0 Å². The minimum absolute atomic E-state index is 0.0949. The van der Waals surface area contributed by atoms with Crippen molar-refractivity contribution in [2.75, 3.05) is 25.0 Å². The molecule has 188 valence electrons. The highest BCUT2D eigenvalue weighted by atomic mass is 32.1. The molecule has 0 bridgehead atoms. The van der Waals surface area contributed by atoms with E-state index in [0.717, 1.165) is 51.7 Å². The average molecular weight is 507 g/mol. The normalized spacial score (nSPS) is 11.1. The number of nitrogens with zero attached hydrogens (tertiary/aromatic N) is 2. The molecule has 0 unspecified atom stereocenters. The number of aryl methyl sites for hydroxylation is 3. The lowest BCUT2D eigenvalue weighted by atomic mass is 9.98. The van der Waals surface area contributed by atoms with E-state index in [1.54, 1.807) is 23.5 Å². The summed E-state index contributed by atoms with van der Waals surface area (Å²) in [5, 5.41) is 16.1. The molecular weight excluding hydrogens is 475 g/mol. The second kappa shape index (κ2) is 11.6. The van der Waals surface area contributed by atoms with Gasteiger partial charge >= 0.3 is 0 Å². The molecule has 4 rings (SSSR count). The second-order valence-electron chi connectivity index (χ2n) is 8.80. The highest BCUT2D eigenvalue weighted by molar-refractivity contribution is 7.19. The first-order valence-corrected chi connectivity index (χ1v) is 13.0. The van der Waals surface area contributed by atoms with Crippen molar-refractivity contribution in [1.82, 2.24) is 15.3 Å². The number of hydrogen-bond acceptors (Lipinski definition) is 6. The zero-order valence-electron chi connectivity index (χ0n) is 20.8. The third-order valence-electron chi connectivity index (χ3n) is 6.16. The molecular formula is C28H31FN4O2S. The van der Waals surface area contributed by atoms with Crippen molar-refractivity contribution in [2.24, 2.45) is 0 Å². The van der Waals surface area contributed by atoms with E-state index in [-0.39, 0.29) is 24.9 Å². The summed E-state index contributed by atoms with van der Waals surface area (Å²) in [6.45, 7) is 6.89. The van der Waals surface area contributed by atoms with Gasteiger partial charge in [-0.25, -0.2) is 14.4 Å². The molecule has 3 N–H and O–H groups in total. The van der Waals surface area contributed by atoms with Crippen LogP contribution >= 0.6 is 11.3 Å². The molecule has 36 heavy (non-hydrogen) atoms. The number of aromatic nitrogens is 2. The molecule has 0 aliphatic carbocycles. The summed E-state index contributed by atoms with van der Waals surface area (Å²) < 4.78 is 15.2. The first-order valence-electron chi connectivity index (χ1n) is 12.2. The molecule has 0 aliphatic rings. The van der Waals surface area contributed by atoms with Crippen LogP contribution < -0.4 is 10.6 Å². The third-order valence-corrected chi connectivity index (χ3v) is 7.45. The van der Waals surface area contributed by atoms with E-state index < -0.39 is 0 Å². The lowest BCUT2D eigenvalue weighted by Crippen LogP contribution is -2.27. The Morgan fingerprint density at radius 3 is 2.69 bits per heavy atom. The van der Waals surface area contributed by atoms with Gasteiger partial charge in [-0.1, -0.05) is 19.4 Å². The first kappa shape index (κ1) is 25.7. The lowest BCUT2D eigenvalue weighted by molar-refractivity contribution is 0.0944. The minimum Gasteiger partial charge on any atom is -0.395 e. The van der Waals surface area contributed by atoms with Gasteiger partial charge in [-0.3, -0.25) is 4.79 Å². The monoisotopic (exact) mass is 506 g/mol. The van der Waals surface area contributed by atoms with Crippen LogP contribution in [0.3, 0.4) is 0 Å². The van der Waals surface area contributed by atoms with Crippen LogP contribution in [0.25, 0.3) is 21.3 Å². The topological polar surface area (TPSA) is 87.1 Å². The Hall–Kier alpha value is -3.36. The highest BCUT2D eigenvalue weighted by Gasteiger charge is 2.14. The Bertz CT molecular complexity index is 1390. The molecule has 0 saturated heterocycles. The lowest BCUT2D eigenvalue weighted by Gasteiger charge is -2.12. The van der Waals surface area contributed by atoms with E-state index in [1.165, 1.54) is 16.8 Å². The number of rotatable bonds is 10. The standard InChI is InChI=1S/C28H31FN4O2S/c1-4-5-19-13-20(6-7-23(19)28(35)31-10-11-34)25-15-26(33-16-32-25)30-9-8-22-18(3)36-27-17(2)12-21(29)14-24(22)27/h6-7,12-16,34H,4-5,8-11H2,1-3H3,(H,31,35)(H,30,32,33). The van der Waals surface area contributed by atoms with Crippen LogP contribution in [0.4, 0.5) is 10.2 Å². The van der Waals surface area contributed by atoms with Crippen LogP contribution in [0, 0.1) is 19.7 Å². The van der Waals surface area contributed by atoms with Crippen molar-refractivity contribution in [1.29, 1.82) is 0 Å². The SMILES string of the molecule is CCCc1cc(-c2cc(NCCc3c(C)sc4c(C)cc(F)cc34)ncn2)ccc1C(=O)NCCO. The van der Waals surface area contributed by atoms with Crippen molar-refractivity contribution >= 4 is 33.1 Å². The van der Waals surface area contributed by atoms with Crippen LogP contribution in [0.1, 0.15) is 45.3 Å². The number of benzene rings is 2. The van der Waals surface area contributed by atoms with E-state index >= 15 is 0 Å². The number of thiophene rings is 1. The van der Waals surface area contributed by atoms with E-state index in [0.29, 0.717) is 17.9 Å². The fraction of sp³-hybridized carbons (Fsp3) is 0.321. The first-order chi connectivity index (χ1) is 17.4. The zero-order valence-corrected chi connectivity index (χ0v) is 21.6. The molecule has 1 amide bonds. The Morgan fingerprint density at radius 1 is 1.08 bits per heavy atom. The van der Waals surface area contributed by atoms with Gasteiger partial charge in [-0.15, -0.1) is 11.3 Å². The number of carbonyl (C=O) groups is 1. The summed E-state index contributed by atoms with van der Waals surface area (Å²) in [5.74, 6) is 0.323. The fourth-order valence-electron chi connectivity index (χ4n) is 4.45. The maximum atomic E-state index is 14.0. The highest BCUT2D eigenvalue weighted by Crippen LogP contribution is 2.34.